The summed E-state index contributed by atoms with van der Waals surface area (Å²) >= 11 is 1.48. The van der Waals surface area contributed by atoms with Gasteiger partial charge in [-0.2, -0.15) is 13.2 Å². The van der Waals surface area contributed by atoms with E-state index in [2.05, 4.69) is 4.98 Å². The highest BCUT2D eigenvalue weighted by Crippen LogP contribution is 2.36. The van der Waals surface area contributed by atoms with Gasteiger partial charge in [0, 0.05) is 27.3 Å². The van der Waals surface area contributed by atoms with Crippen LogP contribution in [0.1, 0.15) is 32.1 Å². The van der Waals surface area contributed by atoms with Crippen molar-refractivity contribution >= 4 is 27.4 Å². The third-order valence-corrected chi connectivity index (χ3v) is 5.89. The highest BCUT2D eigenvalue weighted by atomic mass is 32.1. The number of benzene rings is 2. The molecule has 0 saturated heterocycles. The molecule has 4 aromatic rings. The molecule has 0 aliphatic heterocycles. The fraction of sp³-hybridized carbons (Fsp3) is 0.130. The zero-order valence-electron chi connectivity index (χ0n) is 15.8. The Bertz CT molecular complexity index is 1260. The number of carbonyl (C=O) groups is 1. The van der Waals surface area contributed by atoms with Crippen LogP contribution in [0.3, 0.4) is 0 Å². The zero-order valence-corrected chi connectivity index (χ0v) is 16.6. The zero-order chi connectivity index (χ0) is 21.5. The van der Waals surface area contributed by atoms with Gasteiger partial charge in [0.2, 0.25) is 0 Å². The van der Waals surface area contributed by atoms with Crippen LogP contribution >= 0.6 is 11.3 Å². The second-order valence-corrected chi connectivity index (χ2v) is 8.14. The summed E-state index contributed by atoms with van der Waals surface area (Å²) in [5, 5.41) is 10.3. The summed E-state index contributed by atoms with van der Waals surface area (Å²) in [6, 6.07) is 16.0. The van der Waals surface area contributed by atoms with Crippen molar-refractivity contribution in [2.75, 3.05) is 0 Å². The molecule has 0 fully saturated rings. The summed E-state index contributed by atoms with van der Waals surface area (Å²) < 4.78 is 39.9. The van der Waals surface area contributed by atoms with Crippen molar-refractivity contribution in [3.8, 4) is 11.3 Å². The molecule has 4 rings (SSSR count). The number of hydrogen-bond acceptors (Lipinski definition) is 3. The number of pyridine rings is 1. The van der Waals surface area contributed by atoms with E-state index in [0.717, 1.165) is 26.6 Å². The van der Waals surface area contributed by atoms with Gasteiger partial charge >= 0.3 is 12.1 Å². The first-order chi connectivity index (χ1) is 14.2. The molecule has 152 valence electrons. The SMILES string of the molecule is Cc1cc(C(=O)O)cc(-c2cccc3cc(Cc4cccc(C(F)(F)F)c4)sc23)n1. The highest BCUT2D eigenvalue weighted by molar-refractivity contribution is 7.19. The molecule has 2 aromatic carbocycles. The Morgan fingerprint density at radius 2 is 1.83 bits per heavy atom. The Balaban J connectivity index is 1.74. The molecule has 0 atom stereocenters. The summed E-state index contributed by atoms with van der Waals surface area (Å²) in [6.45, 7) is 1.74. The minimum absolute atomic E-state index is 0.162. The minimum atomic E-state index is -4.37. The number of alkyl halides is 3. The Morgan fingerprint density at radius 3 is 2.57 bits per heavy atom. The topological polar surface area (TPSA) is 50.2 Å². The van der Waals surface area contributed by atoms with Crippen LogP contribution in [0, 0.1) is 6.92 Å². The lowest BCUT2D eigenvalue weighted by atomic mass is 10.0. The van der Waals surface area contributed by atoms with Crippen LogP contribution < -0.4 is 0 Å². The highest BCUT2D eigenvalue weighted by Gasteiger charge is 2.30. The van der Waals surface area contributed by atoms with Gasteiger partial charge in [-0.3, -0.25) is 4.98 Å². The molecule has 0 spiro atoms. The quantitative estimate of drug-likeness (QED) is 0.400. The summed E-state index contributed by atoms with van der Waals surface area (Å²) in [4.78, 5) is 16.8. The van der Waals surface area contributed by atoms with E-state index in [4.69, 9.17) is 0 Å². The monoisotopic (exact) mass is 427 g/mol. The number of carboxylic acids is 1. The lowest BCUT2D eigenvalue weighted by Gasteiger charge is -2.08. The fourth-order valence-corrected chi connectivity index (χ4v) is 4.61. The largest absolute Gasteiger partial charge is 0.478 e. The Morgan fingerprint density at radius 1 is 1.07 bits per heavy atom. The molecular weight excluding hydrogens is 411 g/mol. The van der Waals surface area contributed by atoms with Crippen molar-refractivity contribution in [1.82, 2.24) is 4.98 Å². The molecule has 7 heteroatoms. The molecule has 1 N–H and O–H groups in total. The van der Waals surface area contributed by atoms with Crippen molar-refractivity contribution in [2.45, 2.75) is 19.5 Å². The third-order valence-electron chi connectivity index (χ3n) is 4.70. The molecule has 2 heterocycles. The Labute approximate surface area is 174 Å². The molecule has 0 aliphatic carbocycles. The molecule has 0 unspecified atom stereocenters. The van der Waals surface area contributed by atoms with E-state index >= 15 is 0 Å². The van der Waals surface area contributed by atoms with E-state index in [9.17, 15) is 23.1 Å². The van der Waals surface area contributed by atoms with Gasteiger partial charge in [-0.25, -0.2) is 4.79 Å². The average molecular weight is 427 g/mol. The number of carboxylic acid groups (broad SMARTS) is 1. The van der Waals surface area contributed by atoms with Crippen LogP contribution in [-0.4, -0.2) is 16.1 Å². The van der Waals surface area contributed by atoms with E-state index < -0.39 is 17.7 Å². The van der Waals surface area contributed by atoms with E-state index in [1.54, 1.807) is 13.0 Å². The smallest absolute Gasteiger partial charge is 0.416 e. The number of thiophene rings is 1. The Kier molecular flexibility index (Phi) is 5.07. The maximum Gasteiger partial charge on any atom is 0.416 e. The third kappa shape index (κ3) is 4.07. The molecule has 0 amide bonds. The van der Waals surface area contributed by atoms with E-state index in [1.165, 1.54) is 35.6 Å². The predicted molar refractivity (Wildman–Crippen MR) is 111 cm³/mol. The molecule has 0 saturated carbocycles. The van der Waals surface area contributed by atoms with Crippen molar-refractivity contribution in [3.63, 3.8) is 0 Å². The number of rotatable bonds is 4. The van der Waals surface area contributed by atoms with Crippen molar-refractivity contribution in [2.24, 2.45) is 0 Å². The number of aryl methyl sites for hydroxylation is 1. The van der Waals surface area contributed by atoms with Crippen molar-refractivity contribution < 1.29 is 23.1 Å². The summed E-state index contributed by atoms with van der Waals surface area (Å²) in [5.74, 6) is -1.02. The molecule has 2 aromatic heterocycles. The number of aromatic nitrogens is 1. The van der Waals surface area contributed by atoms with Gasteiger partial charge in [0.1, 0.15) is 0 Å². The number of aromatic carboxylic acids is 1. The first-order valence-corrected chi connectivity index (χ1v) is 9.92. The van der Waals surface area contributed by atoms with Crippen molar-refractivity contribution in [3.05, 3.63) is 87.9 Å². The number of nitrogens with zero attached hydrogens (tertiary/aromatic N) is 1. The van der Waals surface area contributed by atoms with E-state index in [1.807, 2.05) is 24.3 Å². The number of hydrogen-bond donors (Lipinski definition) is 1. The summed E-state index contributed by atoms with van der Waals surface area (Å²) in [5.41, 5.74) is 2.05. The van der Waals surface area contributed by atoms with Gasteiger partial charge in [-0.05, 0) is 42.1 Å². The standard InChI is InChI=1S/C23H16F3NO2S/c1-13-8-16(22(28)29)12-20(27-13)19-7-3-5-15-11-18(30-21(15)19)10-14-4-2-6-17(9-14)23(24,25)26/h2-9,11-12H,10H2,1H3,(H,28,29). The van der Waals surface area contributed by atoms with Crippen LogP contribution in [0.2, 0.25) is 0 Å². The van der Waals surface area contributed by atoms with Crippen molar-refractivity contribution in [1.29, 1.82) is 0 Å². The average Bonchev–Trinajstić information content (AvgIpc) is 3.09. The second kappa shape index (κ2) is 7.57. The maximum absolute atomic E-state index is 13.0. The first-order valence-electron chi connectivity index (χ1n) is 9.10. The van der Waals surface area contributed by atoms with E-state index in [-0.39, 0.29) is 5.56 Å². The van der Waals surface area contributed by atoms with Gasteiger partial charge in [0.05, 0.1) is 16.8 Å². The molecule has 0 radical (unpaired) electrons. The van der Waals surface area contributed by atoms with Crippen LogP contribution in [0.4, 0.5) is 13.2 Å². The van der Waals surface area contributed by atoms with Crippen LogP contribution in [0.25, 0.3) is 21.3 Å². The number of fused-ring (bicyclic) bond motifs is 1. The van der Waals surface area contributed by atoms with Gasteiger partial charge in [-0.15, -0.1) is 11.3 Å². The van der Waals surface area contributed by atoms with Crippen LogP contribution in [0.15, 0.2) is 60.7 Å². The summed E-state index contributed by atoms with van der Waals surface area (Å²) in [7, 11) is 0. The first kappa shape index (κ1) is 20.1. The minimum Gasteiger partial charge on any atom is -0.478 e. The fourth-order valence-electron chi connectivity index (χ4n) is 3.39. The van der Waals surface area contributed by atoms with Gasteiger partial charge in [-0.1, -0.05) is 36.4 Å². The summed E-state index contributed by atoms with van der Waals surface area (Å²) in [6.07, 6.45) is -3.99. The van der Waals surface area contributed by atoms with Crippen LogP contribution in [0.5, 0.6) is 0 Å². The molecular formula is C23H16F3NO2S. The molecule has 0 bridgehead atoms. The Hall–Kier alpha value is -3.19. The van der Waals surface area contributed by atoms with E-state index in [0.29, 0.717) is 23.4 Å². The maximum atomic E-state index is 13.0. The van der Waals surface area contributed by atoms with Crippen LogP contribution in [-0.2, 0) is 12.6 Å². The van der Waals surface area contributed by atoms with Gasteiger partial charge < -0.3 is 5.11 Å². The predicted octanol–water partition coefficient (Wildman–Crippen LogP) is 6.58. The molecule has 3 nitrogen and oxygen atoms in total. The lowest BCUT2D eigenvalue weighted by Crippen LogP contribution is -2.05. The second-order valence-electron chi connectivity index (χ2n) is 7.00. The normalized spacial score (nSPS) is 11.7. The van der Waals surface area contributed by atoms with Gasteiger partial charge in [0.25, 0.3) is 0 Å². The molecule has 30 heavy (non-hydrogen) atoms. The lowest BCUT2D eigenvalue weighted by molar-refractivity contribution is -0.137. The number of halogens is 3. The molecule has 0 aliphatic rings. The van der Waals surface area contributed by atoms with Gasteiger partial charge in [0.15, 0.2) is 0 Å².